The van der Waals surface area contributed by atoms with Crippen LogP contribution in [0.5, 0.6) is 0 Å². The summed E-state index contributed by atoms with van der Waals surface area (Å²) in [7, 11) is 0. The Hall–Kier alpha value is -2.16. The third-order valence-electron chi connectivity index (χ3n) is 3.82. The average molecular weight is 269 g/mol. The molecule has 0 unspecified atom stereocenters. The fourth-order valence-corrected chi connectivity index (χ4v) is 2.68. The lowest BCUT2D eigenvalue weighted by atomic mass is 9.99. The number of hydrogen-bond donors (Lipinski definition) is 0. The van der Waals surface area contributed by atoms with E-state index in [0.29, 0.717) is 17.8 Å². The van der Waals surface area contributed by atoms with E-state index < -0.39 is 0 Å². The molecule has 1 aliphatic rings. The molecule has 0 fully saturated rings. The quantitative estimate of drug-likeness (QED) is 0.776. The number of halogens is 1. The molecule has 0 atom stereocenters. The minimum absolute atomic E-state index is 0.0383. The fraction of sp³-hybridized carbons (Fsp3) is 0.235. The summed E-state index contributed by atoms with van der Waals surface area (Å²) in [5.41, 5.74) is 3.63. The molecule has 0 spiro atoms. The van der Waals surface area contributed by atoms with Crippen LogP contribution in [-0.2, 0) is 13.0 Å². The zero-order valence-electron chi connectivity index (χ0n) is 11.4. The van der Waals surface area contributed by atoms with Crippen molar-refractivity contribution in [2.75, 3.05) is 11.4 Å². The van der Waals surface area contributed by atoms with Crippen LogP contribution in [0.4, 0.5) is 10.1 Å². The maximum absolute atomic E-state index is 14.0. The summed E-state index contributed by atoms with van der Waals surface area (Å²) in [4.78, 5) is 13.5. The molecule has 2 aromatic carbocycles. The van der Waals surface area contributed by atoms with E-state index in [2.05, 4.69) is 12.1 Å². The van der Waals surface area contributed by atoms with Gasteiger partial charge in [0.25, 0.3) is 0 Å². The molecule has 0 bridgehead atoms. The molecule has 102 valence electrons. The Bertz CT molecular complexity index is 666. The first-order valence-electron chi connectivity index (χ1n) is 6.77. The first kappa shape index (κ1) is 12.9. The first-order chi connectivity index (χ1) is 9.65. The van der Waals surface area contributed by atoms with Crippen LogP contribution in [0.25, 0.3) is 0 Å². The Morgan fingerprint density at radius 1 is 1.15 bits per heavy atom. The van der Waals surface area contributed by atoms with Crippen molar-refractivity contribution in [3.8, 4) is 0 Å². The largest absolute Gasteiger partial charge is 0.364 e. The summed E-state index contributed by atoms with van der Waals surface area (Å²) < 4.78 is 14.0. The van der Waals surface area contributed by atoms with Gasteiger partial charge in [-0.25, -0.2) is 4.39 Å². The van der Waals surface area contributed by atoms with Crippen molar-refractivity contribution >= 4 is 11.5 Å². The second kappa shape index (κ2) is 5.08. The molecule has 2 aromatic rings. The lowest BCUT2D eigenvalue weighted by molar-refractivity contribution is 0.101. The van der Waals surface area contributed by atoms with Gasteiger partial charge in [-0.15, -0.1) is 0 Å². The Balaban J connectivity index is 1.95. The lowest BCUT2D eigenvalue weighted by Gasteiger charge is -2.31. The molecule has 0 aromatic heterocycles. The summed E-state index contributed by atoms with van der Waals surface area (Å²) >= 11 is 0. The van der Waals surface area contributed by atoms with Crippen molar-refractivity contribution in [2.45, 2.75) is 19.9 Å². The minimum atomic E-state index is -0.269. The average Bonchev–Trinajstić information content (AvgIpc) is 2.47. The van der Waals surface area contributed by atoms with E-state index in [1.165, 1.54) is 24.1 Å². The Morgan fingerprint density at radius 3 is 2.65 bits per heavy atom. The number of carbonyl (C=O) groups is 1. The predicted molar refractivity (Wildman–Crippen MR) is 77.6 cm³/mol. The molecule has 0 radical (unpaired) electrons. The number of carbonyl (C=O) groups excluding carboxylic acids is 1. The number of fused-ring (bicyclic) bond motifs is 1. The van der Waals surface area contributed by atoms with Gasteiger partial charge in [0.2, 0.25) is 0 Å². The second-order valence-electron chi connectivity index (χ2n) is 5.16. The van der Waals surface area contributed by atoms with Gasteiger partial charge in [0.15, 0.2) is 5.78 Å². The molecule has 0 saturated carbocycles. The van der Waals surface area contributed by atoms with E-state index in [1.807, 2.05) is 17.0 Å². The molecule has 0 N–H and O–H groups in total. The third kappa shape index (κ3) is 2.31. The Labute approximate surface area is 117 Å². The number of benzene rings is 2. The molecular formula is C17H16FNO. The van der Waals surface area contributed by atoms with Crippen LogP contribution in [0.1, 0.15) is 28.4 Å². The van der Waals surface area contributed by atoms with Crippen molar-refractivity contribution in [3.05, 3.63) is 65.0 Å². The van der Waals surface area contributed by atoms with Gasteiger partial charge in [0.1, 0.15) is 5.82 Å². The zero-order chi connectivity index (χ0) is 14.1. The molecule has 1 aliphatic heterocycles. The van der Waals surface area contributed by atoms with Gasteiger partial charge in [0, 0.05) is 18.7 Å². The molecule has 1 heterocycles. The number of anilines is 1. The van der Waals surface area contributed by atoms with E-state index >= 15 is 0 Å². The zero-order valence-corrected chi connectivity index (χ0v) is 11.4. The predicted octanol–water partition coefficient (Wildman–Crippen LogP) is 3.59. The highest BCUT2D eigenvalue weighted by Gasteiger charge is 2.19. The van der Waals surface area contributed by atoms with Crippen LogP contribution in [0.2, 0.25) is 0 Å². The smallest absolute Gasteiger partial charge is 0.159 e. The summed E-state index contributed by atoms with van der Waals surface area (Å²) in [5, 5.41) is 0. The molecule has 0 aliphatic carbocycles. The summed E-state index contributed by atoms with van der Waals surface area (Å²) in [6.07, 6.45) is 0.903. The van der Waals surface area contributed by atoms with Crippen LogP contribution in [0.3, 0.4) is 0 Å². The van der Waals surface area contributed by atoms with Gasteiger partial charge in [-0.05, 0) is 42.7 Å². The van der Waals surface area contributed by atoms with Crippen molar-refractivity contribution in [1.82, 2.24) is 0 Å². The highest BCUT2D eigenvalue weighted by molar-refractivity contribution is 5.95. The summed E-state index contributed by atoms with van der Waals surface area (Å²) in [5.74, 6) is -0.307. The standard InChI is InChI=1S/C17H16FNO/c1-12(20)14-6-7-16(18)17(10-14)19-9-8-13-4-2-3-5-15(13)11-19/h2-7,10H,8-9,11H2,1H3. The molecule has 0 saturated heterocycles. The second-order valence-corrected chi connectivity index (χ2v) is 5.16. The summed E-state index contributed by atoms with van der Waals surface area (Å²) in [6.45, 7) is 2.96. The normalized spacial score (nSPS) is 14.0. The van der Waals surface area contributed by atoms with Crippen LogP contribution in [0, 0.1) is 5.82 Å². The van der Waals surface area contributed by atoms with Crippen molar-refractivity contribution in [1.29, 1.82) is 0 Å². The molecule has 0 amide bonds. The Kier molecular flexibility index (Phi) is 3.26. The van der Waals surface area contributed by atoms with E-state index in [0.717, 1.165) is 13.0 Å². The van der Waals surface area contributed by atoms with Crippen LogP contribution < -0.4 is 4.90 Å². The van der Waals surface area contributed by atoms with Gasteiger partial charge >= 0.3 is 0 Å². The minimum Gasteiger partial charge on any atom is -0.364 e. The summed E-state index contributed by atoms with van der Waals surface area (Å²) in [6, 6.07) is 12.8. The number of ketones is 1. The van der Waals surface area contributed by atoms with Gasteiger partial charge in [0.05, 0.1) is 5.69 Å². The molecule has 20 heavy (non-hydrogen) atoms. The van der Waals surface area contributed by atoms with Crippen LogP contribution in [0.15, 0.2) is 42.5 Å². The van der Waals surface area contributed by atoms with E-state index in [1.54, 1.807) is 12.1 Å². The molecule has 3 rings (SSSR count). The lowest BCUT2D eigenvalue weighted by Crippen LogP contribution is -2.31. The van der Waals surface area contributed by atoms with Gasteiger partial charge < -0.3 is 4.90 Å². The monoisotopic (exact) mass is 269 g/mol. The fourth-order valence-electron chi connectivity index (χ4n) is 2.68. The maximum atomic E-state index is 14.0. The van der Waals surface area contributed by atoms with Crippen molar-refractivity contribution in [2.24, 2.45) is 0 Å². The topological polar surface area (TPSA) is 20.3 Å². The number of Topliss-reactive ketones (excluding diaryl/α,β-unsaturated/α-hetero) is 1. The molecular weight excluding hydrogens is 253 g/mol. The van der Waals surface area contributed by atoms with Crippen molar-refractivity contribution < 1.29 is 9.18 Å². The van der Waals surface area contributed by atoms with Crippen molar-refractivity contribution in [3.63, 3.8) is 0 Å². The molecule has 2 nitrogen and oxygen atoms in total. The SMILES string of the molecule is CC(=O)c1ccc(F)c(N2CCc3ccccc3C2)c1. The number of hydrogen-bond acceptors (Lipinski definition) is 2. The highest BCUT2D eigenvalue weighted by Crippen LogP contribution is 2.27. The van der Waals surface area contributed by atoms with Crippen LogP contribution in [-0.4, -0.2) is 12.3 Å². The van der Waals surface area contributed by atoms with Crippen LogP contribution >= 0.6 is 0 Å². The highest BCUT2D eigenvalue weighted by atomic mass is 19.1. The maximum Gasteiger partial charge on any atom is 0.159 e. The van der Waals surface area contributed by atoms with E-state index in [-0.39, 0.29) is 11.6 Å². The number of rotatable bonds is 2. The Morgan fingerprint density at radius 2 is 1.90 bits per heavy atom. The van der Waals surface area contributed by atoms with E-state index in [4.69, 9.17) is 0 Å². The van der Waals surface area contributed by atoms with Gasteiger partial charge in [-0.1, -0.05) is 24.3 Å². The van der Waals surface area contributed by atoms with E-state index in [9.17, 15) is 9.18 Å². The molecule has 3 heteroatoms. The van der Waals surface area contributed by atoms with Gasteiger partial charge in [-0.2, -0.15) is 0 Å². The first-order valence-corrected chi connectivity index (χ1v) is 6.77. The number of nitrogens with zero attached hydrogens (tertiary/aromatic N) is 1. The third-order valence-corrected chi connectivity index (χ3v) is 3.82. The van der Waals surface area contributed by atoms with Gasteiger partial charge in [-0.3, -0.25) is 4.79 Å².